The van der Waals surface area contributed by atoms with Crippen LogP contribution in [0.5, 0.6) is 17.2 Å². The molecule has 0 atom stereocenters. The van der Waals surface area contributed by atoms with Gasteiger partial charge in [0.2, 0.25) is 5.78 Å². The topological polar surface area (TPSA) is 113 Å². The fraction of sp³-hybridized carbons (Fsp3) is 0.0455. The number of nitrogens with one attached hydrogen (secondary N) is 1. The molecule has 4 rings (SSSR count). The smallest absolute Gasteiger partial charge is 0.255 e. The summed E-state index contributed by atoms with van der Waals surface area (Å²) in [5, 5.41) is 23.0. The number of fused-ring (bicyclic) bond motifs is 2. The first-order valence-electron chi connectivity index (χ1n) is 8.64. The minimum Gasteiger partial charge on any atom is -0.507 e. The third kappa shape index (κ3) is 2.98. The Morgan fingerprint density at radius 3 is 2.34 bits per heavy atom. The highest BCUT2D eigenvalue weighted by Crippen LogP contribution is 2.37. The summed E-state index contributed by atoms with van der Waals surface area (Å²) in [7, 11) is 1.50. The van der Waals surface area contributed by atoms with E-state index in [-0.39, 0.29) is 33.6 Å². The molecule has 7 nitrogen and oxygen atoms in total. The molecule has 3 aromatic rings. The molecule has 1 aliphatic carbocycles. The minimum atomic E-state index is -0.676. The van der Waals surface area contributed by atoms with Crippen LogP contribution in [-0.2, 0) is 0 Å². The number of ether oxygens (including phenoxy) is 1. The van der Waals surface area contributed by atoms with E-state index < -0.39 is 23.2 Å². The fourth-order valence-electron chi connectivity index (χ4n) is 3.32. The third-order valence-electron chi connectivity index (χ3n) is 4.69. The highest BCUT2D eigenvalue weighted by atomic mass is 16.5. The number of hydrogen-bond acceptors (Lipinski definition) is 6. The largest absolute Gasteiger partial charge is 0.507 e. The Bertz CT molecular complexity index is 1200. The molecule has 0 saturated heterocycles. The molecule has 0 radical (unpaired) electrons. The lowest BCUT2D eigenvalue weighted by Gasteiger charge is -2.20. The number of carbonyl (C=O) groups is 3. The first-order valence-corrected chi connectivity index (χ1v) is 8.64. The second-order valence-corrected chi connectivity index (χ2v) is 6.46. The lowest BCUT2D eigenvalue weighted by molar-refractivity contribution is 0.0972. The van der Waals surface area contributed by atoms with Crippen LogP contribution in [0.25, 0.3) is 0 Å². The highest BCUT2D eigenvalue weighted by Gasteiger charge is 2.35. The number of ketones is 2. The second-order valence-electron chi connectivity index (χ2n) is 6.46. The molecule has 29 heavy (non-hydrogen) atoms. The molecule has 3 N–H and O–H groups in total. The second kappa shape index (κ2) is 6.79. The fourth-order valence-corrected chi connectivity index (χ4v) is 3.32. The summed E-state index contributed by atoms with van der Waals surface area (Å²) in [5.74, 6) is -2.11. The van der Waals surface area contributed by atoms with E-state index in [1.165, 1.54) is 31.4 Å². The molecule has 0 unspecified atom stereocenters. The van der Waals surface area contributed by atoms with Gasteiger partial charge in [0.05, 0.1) is 18.2 Å². The number of aromatic hydroxyl groups is 2. The van der Waals surface area contributed by atoms with Gasteiger partial charge in [-0.05, 0) is 30.3 Å². The predicted molar refractivity (Wildman–Crippen MR) is 104 cm³/mol. The van der Waals surface area contributed by atoms with Gasteiger partial charge < -0.3 is 20.3 Å². The molecule has 3 aromatic carbocycles. The van der Waals surface area contributed by atoms with Crippen molar-refractivity contribution in [2.75, 3.05) is 12.4 Å². The number of phenolic OH excluding ortho intramolecular Hbond substituents is 2. The first-order chi connectivity index (χ1) is 13.9. The lowest BCUT2D eigenvalue weighted by Crippen LogP contribution is -2.22. The van der Waals surface area contributed by atoms with E-state index in [4.69, 9.17) is 4.74 Å². The molecule has 1 amide bonds. The van der Waals surface area contributed by atoms with Crippen molar-refractivity contribution in [3.8, 4) is 17.2 Å². The summed E-state index contributed by atoms with van der Waals surface area (Å²) >= 11 is 0. The Hall–Kier alpha value is -4.13. The van der Waals surface area contributed by atoms with E-state index in [2.05, 4.69) is 5.32 Å². The summed E-state index contributed by atoms with van der Waals surface area (Å²) in [6.45, 7) is 0. The zero-order valence-corrected chi connectivity index (χ0v) is 15.2. The van der Waals surface area contributed by atoms with Gasteiger partial charge in [0.25, 0.3) is 5.91 Å². The number of carbonyl (C=O) groups excluding carboxylic acids is 3. The van der Waals surface area contributed by atoms with Gasteiger partial charge in [0, 0.05) is 28.4 Å². The molecular formula is C22H15NO6. The van der Waals surface area contributed by atoms with Crippen LogP contribution in [0.2, 0.25) is 0 Å². The molecule has 0 heterocycles. The van der Waals surface area contributed by atoms with Gasteiger partial charge in [-0.3, -0.25) is 14.4 Å². The van der Waals surface area contributed by atoms with Gasteiger partial charge in [0.1, 0.15) is 17.2 Å². The lowest BCUT2D eigenvalue weighted by atomic mass is 9.82. The van der Waals surface area contributed by atoms with Gasteiger partial charge in [-0.25, -0.2) is 0 Å². The monoisotopic (exact) mass is 389 g/mol. The van der Waals surface area contributed by atoms with Gasteiger partial charge in [0.15, 0.2) is 5.78 Å². The van der Waals surface area contributed by atoms with Gasteiger partial charge in [-0.1, -0.05) is 18.2 Å². The van der Waals surface area contributed by atoms with Crippen molar-refractivity contribution in [2.45, 2.75) is 0 Å². The normalized spacial score (nSPS) is 12.2. The Labute approximate surface area is 165 Å². The van der Waals surface area contributed by atoms with Crippen LogP contribution in [0.1, 0.15) is 42.2 Å². The van der Waals surface area contributed by atoms with Gasteiger partial charge in [-0.2, -0.15) is 0 Å². The van der Waals surface area contributed by atoms with E-state index >= 15 is 0 Å². The van der Waals surface area contributed by atoms with Crippen LogP contribution in [0, 0.1) is 0 Å². The molecule has 0 spiro atoms. The summed E-state index contributed by atoms with van der Waals surface area (Å²) in [5.41, 5.74) is 0.00464. The molecule has 0 aliphatic heterocycles. The van der Waals surface area contributed by atoms with Gasteiger partial charge in [-0.15, -0.1) is 0 Å². The van der Waals surface area contributed by atoms with Crippen molar-refractivity contribution in [1.29, 1.82) is 0 Å². The molecule has 7 heteroatoms. The average molecular weight is 389 g/mol. The maximum atomic E-state index is 12.9. The standard InChI is InChI=1S/C22H15NO6/c1-29-13-5-2-4-12(10-13)23-22(28)11-8-15-19(17(25)9-11)21(27)18-14(20(15)26)6-3-7-16(18)24/h2-10,24-25H,1H3,(H,23,28). The number of methoxy groups -OCH3 is 1. The number of hydrogen-bond donors (Lipinski definition) is 3. The highest BCUT2D eigenvalue weighted by molar-refractivity contribution is 6.30. The van der Waals surface area contributed by atoms with Crippen molar-refractivity contribution in [1.82, 2.24) is 0 Å². The van der Waals surface area contributed by atoms with Crippen molar-refractivity contribution in [3.05, 3.63) is 82.4 Å². The average Bonchev–Trinajstić information content (AvgIpc) is 2.71. The van der Waals surface area contributed by atoms with Crippen molar-refractivity contribution >= 4 is 23.2 Å². The van der Waals surface area contributed by atoms with E-state index in [1.807, 2.05) is 0 Å². The maximum Gasteiger partial charge on any atom is 0.255 e. The number of rotatable bonds is 3. The number of amides is 1. The SMILES string of the molecule is COc1cccc(NC(=O)c2cc(O)c3c(c2)C(=O)c2cccc(O)c2C3=O)c1. The Morgan fingerprint density at radius 1 is 0.862 bits per heavy atom. The van der Waals surface area contributed by atoms with Crippen molar-refractivity contribution < 1.29 is 29.3 Å². The Balaban J connectivity index is 1.75. The molecule has 0 fully saturated rings. The van der Waals surface area contributed by atoms with E-state index in [1.54, 1.807) is 24.3 Å². The van der Waals surface area contributed by atoms with Crippen LogP contribution in [0.4, 0.5) is 5.69 Å². The van der Waals surface area contributed by atoms with Crippen LogP contribution in [0.15, 0.2) is 54.6 Å². The van der Waals surface area contributed by atoms with Crippen molar-refractivity contribution in [2.24, 2.45) is 0 Å². The molecule has 144 valence electrons. The summed E-state index contributed by atoms with van der Waals surface area (Å²) in [4.78, 5) is 38.2. The van der Waals surface area contributed by atoms with Crippen LogP contribution in [-0.4, -0.2) is 34.8 Å². The quantitative estimate of drug-likeness (QED) is 0.496. The number of phenols is 2. The zero-order valence-electron chi connectivity index (χ0n) is 15.2. The molecule has 0 bridgehead atoms. The number of benzene rings is 3. The molecule has 1 aliphatic rings. The summed E-state index contributed by atoms with van der Waals surface area (Å²) in [6, 6.07) is 13.2. The van der Waals surface area contributed by atoms with Crippen LogP contribution < -0.4 is 10.1 Å². The van der Waals surface area contributed by atoms with Crippen LogP contribution >= 0.6 is 0 Å². The molecule has 0 saturated carbocycles. The van der Waals surface area contributed by atoms with Crippen molar-refractivity contribution in [3.63, 3.8) is 0 Å². The minimum absolute atomic E-state index is 0.00817. The first kappa shape index (κ1) is 18.2. The summed E-state index contributed by atoms with van der Waals surface area (Å²) < 4.78 is 5.11. The number of anilines is 1. The van der Waals surface area contributed by atoms with E-state index in [9.17, 15) is 24.6 Å². The third-order valence-corrected chi connectivity index (χ3v) is 4.69. The van der Waals surface area contributed by atoms with E-state index in [0.29, 0.717) is 11.4 Å². The van der Waals surface area contributed by atoms with E-state index in [0.717, 1.165) is 6.07 Å². The van der Waals surface area contributed by atoms with Gasteiger partial charge >= 0.3 is 0 Å². The summed E-state index contributed by atoms with van der Waals surface area (Å²) in [6.07, 6.45) is 0. The maximum absolute atomic E-state index is 12.9. The zero-order chi connectivity index (χ0) is 20.7. The Morgan fingerprint density at radius 2 is 1.59 bits per heavy atom. The van der Waals surface area contributed by atoms with Crippen LogP contribution in [0.3, 0.4) is 0 Å². The molecule has 0 aromatic heterocycles. The molecular weight excluding hydrogens is 374 g/mol. The Kier molecular flexibility index (Phi) is 4.27. The predicted octanol–water partition coefficient (Wildman–Crippen LogP) is 3.13.